The first kappa shape index (κ1) is 12.1. The molecule has 74 valence electrons. The molecular formula is C11H20NO+. The van der Waals surface area contributed by atoms with E-state index in [1.807, 2.05) is 6.07 Å². The van der Waals surface area contributed by atoms with Gasteiger partial charge in [0, 0.05) is 6.61 Å². The molecule has 1 aromatic carbocycles. The lowest BCUT2D eigenvalue weighted by atomic mass is 10.3. The molecule has 0 heterocycles. The van der Waals surface area contributed by atoms with E-state index in [1.54, 1.807) is 6.92 Å². The van der Waals surface area contributed by atoms with Crippen molar-refractivity contribution in [2.45, 2.75) is 6.92 Å². The van der Waals surface area contributed by atoms with Gasteiger partial charge in [0.2, 0.25) is 0 Å². The van der Waals surface area contributed by atoms with Crippen LogP contribution in [0.15, 0.2) is 30.3 Å². The molecule has 0 aliphatic carbocycles. The monoisotopic (exact) mass is 182 g/mol. The summed E-state index contributed by atoms with van der Waals surface area (Å²) in [5.41, 5.74) is 1.34. The van der Waals surface area contributed by atoms with Crippen LogP contribution in [0.4, 0.5) is 5.69 Å². The molecule has 0 saturated carbocycles. The molecule has 0 fully saturated rings. The molecule has 1 rings (SSSR count). The summed E-state index contributed by atoms with van der Waals surface area (Å²) in [6.45, 7) is 1.93. The van der Waals surface area contributed by atoms with E-state index >= 15 is 0 Å². The van der Waals surface area contributed by atoms with Crippen LogP contribution in [0.1, 0.15) is 6.92 Å². The highest BCUT2D eigenvalue weighted by Crippen LogP contribution is 2.14. The van der Waals surface area contributed by atoms with Crippen LogP contribution in [-0.4, -0.2) is 32.9 Å². The number of quaternary nitrogens is 1. The van der Waals surface area contributed by atoms with Gasteiger partial charge in [0.15, 0.2) is 0 Å². The molecule has 0 spiro atoms. The Labute approximate surface area is 81.0 Å². The van der Waals surface area contributed by atoms with Crippen LogP contribution in [0.5, 0.6) is 0 Å². The zero-order valence-corrected chi connectivity index (χ0v) is 8.99. The van der Waals surface area contributed by atoms with Gasteiger partial charge in [0.1, 0.15) is 5.69 Å². The first-order valence-electron chi connectivity index (χ1n) is 4.50. The van der Waals surface area contributed by atoms with Gasteiger partial charge in [0.25, 0.3) is 0 Å². The zero-order valence-electron chi connectivity index (χ0n) is 8.99. The maximum atomic E-state index is 7.57. The van der Waals surface area contributed by atoms with Gasteiger partial charge >= 0.3 is 0 Å². The van der Waals surface area contributed by atoms with Crippen molar-refractivity contribution in [3.63, 3.8) is 0 Å². The second-order valence-corrected chi connectivity index (χ2v) is 3.66. The highest BCUT2D eigenvalue weighted by molar-refractivity contribution is 5.40. The summed E-state index contributed by atoms with van der Waals surface area (Å²) in [5, 5.41) is 7.57. The lowest BCUT2D eigenvalue weighted by Gasteiger charge is -2.22. The molecule has 0 amide bonds. The van der Waals surface area contributed by atoms with Crippen molar-refractivity contribution in [3.05, 3.63) is 30.3 Å². The standard InChI is InChI=1S/C9H14N.C2H6O/c1-10(2,3)9-7-5-4-6-8-9;1-2-3/h4-8H,1-3H3;3H,2H2,1H3/q+1;. The molecule has 0 aromatic heterocycles. The Morgan fingerprint density at radius 1 is 1.08 bits per heavy atom. The van der Waals surface area contributed by atoms with Gasteiger partial charge in [-0.25, -0.2) is 0 Å². The molecule has 13 heavy (non-hydrogen) atoms. The number of hydrogen-bond donors (Lipinski definition) is 1. The number of nitrogens with zero attached hydrogens (tertiary/aromatic N) is 1. The zero-order chi connectivity index (χ0) is 10.3. The summed E-state index contributed by atoms with van der Waals surface area (Å²) >= 11 is 0. The van der Waals surface area contributed by atoms with Crippen LogP contribution in [0.25, 0.3) is 0 Å². The van der Waals surface area contributed by atoms with E-state index in [4.69, 9.17) is 5.11 Å². The number of rotatable bonds is 1. The second kappa shape index (κ2) is 5.73. The van der Waals surface area contributed by atoms with E-state index in [0.29, 0.717) is 0 Å². The van der Waals surface area contributed by atoms with Crippen molar-refractivity contribution in [1.29, 1.82) is 0 Å². The first-order valence-corrected chi connectivity index (χ1v) is 4.50. The number of hydrogen-bond acceptors (Lipinski definition) is 1. The molecule has 2 nitrogen and oxygen atoms in total. The quantitative estimate of drug-likeness (QED) is 0.657. The normalized spacial score (nSPS) is 10.2. The Kier molecular flexibility index (Phi) is 5.35. The summed E-state index contributed by atoms with van der Waals surface area (Å²) in [6.07, 6.45) is 0. The number of aliphatic hydroxyl groups excluding tert-OH is 1. The van der Waals surface area contributed by atoms with Gasteiger partial charge in [-0.3, -0.25) is 4.48 Å². The number of aliphatic hydroxyl groups is 1. The van der Waals surface area contributed by atoms with Crippen molar-refractivity contribution in [2.75, 3.05) is 27.7 Å². The van der Waals surface area contributed by atoms with E-state index in [2.05, 4.69) is 45.4 Å². The maximum absolute atomic E-state index is 7.57. The van der Waals surface area contributed by atoms with Crippen LogP contribution < -0.4 is 4.48 Å². The van der Waals surface area contributed by atoms with Crippen molar-refractivity contribution in [1.82, 2.24) is 4.48 Å². The van der Waals surface area contributed by atoms with Crippen LogP contribution >= 0.6 is 0 Å². The SMILES string of the molecule is CCO.C[N+](C)(C)c1ccccc1. The van der Waals surface area contributed by atoms with E-state index < -0.39 is 0 Å². The Morgan fingerprint density at radius 3 is 1.69 bits per heavy atom. The Hall–Kier alpha value is -0.860. The van der Waals surface area contributed by atoms with Crippen LogP contribution in [0, 0.1) is 0 Å². The van der Waals surface area contributed by atoms with Crippen LogP contribution in [0.2, 0.25) is 0 Å². The average molecular weight is 182 g/mol. The molecule has 1 aromatic rings. The molecule has 0 radical (unpaired) electrons. The smallest absolute Gasteiger partial charge is 0.132 e. The van der Waals surface area contributed by atoms with Crippen molar-refractivity contribution < 1.29 is 5.11 Å². The van der Waals surface area contributed by atoms with E-state index in [-0.39, 0.29) is 6.61 Å². The summed E-state index contributed by atoms with van der Waals surface area (Å²) in [6, 6.07) is 10.5. The van der Waals surface area contributed by atoms with Gasteiger partial charge in [-0.1, -0.05) is 18.2 Å². The fourth-order valence-corrected chi connectivity index (χ4v) is 0.875. The predicted octanol–water partition coefficient (Wildman–Crippen LogP) is 1.88. The van der Waals surface area contributed by atoms with E-state index in [9.17, 15) is 0 Å². The molecule has 2 heteroatoms. The number of benzene rings is 1. The van der Waals surface area contributed by atoms with Gasteiger partial charge in [0.05, 0.1) is 21.1 Å². The minimum Gasteiger partial charge on any atom is -0.397 e. The highest BCUT2D eigenvalue weighted by Gasteiger charge is 2.08. The third kappa shape index (κ3) is 5.39. The Balaban J connectivity index is 0.000000424. The largest absolute Gasteiger partial charge is 0.397 e. The fraction of sp³-hybridized carbons (Fsp3) is 0.455. The first-order chi connectivity index (χ1) is 6.02. The maximum Gasteiger partial charge on any atom is 0.132 e. The third-order valence-electron chi connectivity index (χ3n) is 1.53. The third-order valence-corrected chi connectivity index (χ3v) is 1.53. The summed E-state index contributed by atoms with van der Waals surface area (Å²) < 4.78 is 0.890. The lowest BCUT2D eigenvalue weighted by molar-refractivity contribution is 0.318. The lowest BCUT2D eigenvalue weighted by Crippen LogP contribution is -2.34. The highest BCUT2D eigenvalue weighted by atomic mass is 16.2. The van der Waals surface area contributed by atoms with Crippen LogP contribution in [-0.2, 0) is 0 Å². The average Bonchev–Trinajstić information content (AvgIpc) is 2.06. The molecule has 0 aliphatic rings. The van der Waals surface area contributed by atoms with Crippen LogP contribution in [0.3, 0.4) is 0 Å². The van der Waals surface area contributed by atoms with Gasteiger partial charge in [-0.15, -0.1) is 0 Å². The second-order valence-electron chi connectivity index (χ2n) is 3.66. The fourth-order valence-electron chi connectivity index (χ4n) is 0.875. The molecule has 0 unspecified atom stereocenters. The van der Waals surface area contributed by atoms with Gasteiger partial charge in [-0.05, 0) is 19.1 Å². The minimum absolute atomic E-state index is 0.250. The van der Waals surface area contributed by atoms with Crippen molar-refractivity contribution >= 4 is 5.69 Å². The molecule has 0 bridgehead atoms. The minimum atomic E-state index is 0.250. The number of para-hydroxylation sites is 1. The topological polar surface area (TPSA) is 20.2 Å². The predicted molar refractivity (Wildman–Crippen MR) is 58.8 cm³/mol. The molecule has 0 aliphatic heterocycles. The summed E-state index contributed by atoms with van der Waals surface area (Å²) in [5.74, 6) is 0. The molecule has 0 saturated heterocycles. The van der Waals surface area contributed by atoms with Crippen molar-refractivity contribution in [3.8, 4) is 0 Å². The molecule has 1 N–H and O–H groups in total. The van der Waals surface area contributed by atoms with E-state index in [1.165, 1.54) is 5.69 Å². The Morgan fingerprint density at radius 2 is 1.46 bits per heavy atom. The summed E-state index contributed by atoms with van der Waals surface area (Å²) in [7, 11) is 6.49. The summed E-state index contributed by atoms with van der Waals surface area (Å²) in [4.78, 5) is 0. The molecule has 0 atom stereocenters. The van der Waals surface area contributed by atoms with Crippen molar-refractivity contribution in [2.24, 2.45) is 0 Å². The van der Waals surface area contributed by atoms with Gasteiger partial charge in [-0.2, -0.15) is 0 Å². The van der Waals surface area contributed by atoms with E-state index in [0.717, 1.165) is 4.48 Å². The Bertz CT molecular complexity index is 213. The molecular weight excluding hydrogens is 162 g/mol. The van der Waals surface area contributed by atoms with Gasteiger partial charge < -0.3 is 5.11 Å².